The van der Waals surface area contributed by atoms with Crippen LogP contribution in [0.25, 0.3) is 0 Å². The molecule has 19 heavy (non-hydrogen) atoms. The lowest BCUT2D eigenvalue weighted by Crippen LogP contribution is -2.24. The SMILES string of the molecule is CCc1nn(CC)c(CC(=O)C2CCCCS2)c1Br. The number of aryl methyl sites for hydroxylation is 2. The summed E-state index contributed by atoms with van der Waals surface area (Å²) in [5, 5.41) is 4.76. The summed E-state index contributed by atoms with van der Waals surface area (Å²) in [5.74, 6) is 1.49. The fraction of sp³-hybridized carbons (Fsp3) is 0.714. The van der Waals surface area contributed by atoms with Gasteiger partial charge >= 0.3 is 0 Å². The van der Waals surface area contributed by atoms with E-state index < -0.39 is 0 Å². The number of thioether (sulfide) groups is 1. The van der Waals surface area contributed by atoms with Gasteiger partial charge in [0.05, 0.1) is 27.5 Å². The van der Waals surface area contributed by atoms with E-state index in [0.717, 1.165) is 41.0 Å². The van der Waals surface area contributed by atoms with E-state index in [1.807, 2.05) is 16.4 Å². The maximum atomic E-state index is 12.4. The highest BCUT2D eigenvalue weighted by atomic mass is 79.9. The van der Waals surface area contributed by atoms with Crippen molar-refractivity contribution in [2.75, 3.05) is 5.75 Å². The van der Waals surface area contributed by atoms with Crippen molar-refractivity contribution in [3.63, 3.8) is 0 Å². The minimum absolute atomic E-state index is 0.200. The van der Waals surface area contributed by atoms with Gasteiger partial charge in [-0.05, 0) is 47.9 Å². The van der Waals surface area contributed by atoms with Gasteiger partial charge in [0.15, 0.2) is 5.78 Å². The Bertz CT molecular complexity index is 453. The van der Waals surface area contributed by atoms with E-state index in [9.17, 15) is 4.79 Å². The van der Waals surface area contributed by atoms with Gasteiger partial charge in [0.1, 0.15) is 0 Å². The number of ketones is 1. The molecule has 1 aromatic heterocycles. The van der Waals surface area contributed by atoms with Crippen molar-refractivity contribution in [2.45, 2.75) is 57.7 Å². The first-order valence-electron chi connectivity index (χ1n) is 7.05. The molecule has 5 heteroatoms. The number of nitrogens with zero attached hydrogens (tertiary/aromatic N) is 2. The van der Waals surface area contributed by atoms with Crippen LogP contribution >= 0.6 is 27.7 Å². The molecule has 1 aliphatic rings. The number of hydrogen-bond acceptors (Lipinski definition) is 3. The molecule has 1 saturated heterocycles. The lowest BCUT2D eigenvalue weighted by atomic mass is 10.1. The summed E-state index contributed by atoms with van der Waals surface area (Å²) in [5.41, 5.74) is 2.11. The minimum atomic E-state index is 0.200. The molecule has 2 heterocycles. The average Bonchev–Trinajstić information content (AvgIpc) is 2.76. The average molecular weight is 345 g/mol. The molecule has 0 saturated carbocycles. The van der Waals surface area contributed by atoms with Crippen molar-refractivity contribution in [1.82, 2.24) is 9.78 Å². The predicted molar refractivity (Wildman–Crippen MR) is 83.8 cm³/mol. The zero-order valence-corrected chi connectivity index (χ0v) is 14.0. The Labute approximate surface area is 127 Å². The number of carbonyl (C=O) groups is 1. The number of aromatic nitrogens is 2. The summed E-state index contributed by atoms with van der Waals surface area (Å²) in [6.45, 7) is 4.98. The third-order valence-corrected chi connectivity index (χ3v) is 5.92. The van der Waals surface area contributed by atoms with Crippen molar-refractivity contribution in [1.29, 1.82) is 0 Å². The molecule has 0 radical (unpaired) electrons. The van der Waals surface area contributed by atoms with Crippen LogP contribution in [-0.4, -0.2) is 26.6 Å². The van der Waals surface area contributed by atoms with Crippen LogP contribution in [0.15, 0.2) is 4.47 Å². The Morgan fingerprint density at radius 2 is 2.26 bits per heavy atom. The molecule has 1 unspecified atom stereocenters. The fourth-order valence-corrected chi connectivity index (χ4v) is 4.42. The molecule has 1 aromatic rings. The Balaban J connectivity index is 2.13. The van der Waals surface area contributed by atoms with Gasteiger partial charge in [0, 0.05) is 6.54 Å². The van der Waals surface area contributed by atoms with Crippen LogP contribution in [0, 0.1) is 0 Å². The van der Waals surface area contributed by atoms with Crippen LogP contribution in [0.3, 0.4) is 0 Å². The zero-order chi connectivity index (χ0) is 13.8. The smallest absolute Gasteiger partial charge is 0.151 e. The molecule has 0 N–H and O–H groups in total. The first-order chi connectivity index (χ1) is 9.17. The molecule has 1 atom stereocenters. The van der Waals surface area contributed by atoms with Crippen molar-refractivity contribution in [2.24, 2.45) is 0 Å². The van der Waals surface area contributed by atoms with Crippen LogP contribution in [0.5, 0.6) is 0 Å². The standard InChI is InChI=1S/C14H21BrN2OS/c1-3-10-14(15)11(17(4-2)16-10)9-12(18)13-7-5-6-8-19-13/h13H,3-9H2,1-2H3. The van der Waals surface area contributed by atoms with Gasteiger partial charge in [0.25, 0.3) is 0 Å². The van der Waals surface area contributed by atoms with E-state index >= 15 is 0 Å². The molecular weight excluding hydrogens is 324 g/mol. The number of Topliss-reactive ketones (excluding diaryl/α,β-unsaturated/α-hetero) is 1. The highest BCUT2D eigenvalue weighted by Gasteiger charge is 2.24. The van der Waals surface area contributed by atoms with Crippen LogP contribution in [0.4, 0.5) is 0 Å². The number of hydrogen-bond donors (Lipinski definition) is 0. The van der Waals surface area contributed by atoms with Crippen LogP contribution < -0.4 is 0 Å². The monoisotopic (exact) mass is 344 g/mol. The molecule has 3 nitrogen and oxygen atoms in total. The van der Waals surface area contributed by atoms with E-state index in [2.05, 4.69) is 34.9 Å². The highest BCUT2D eigenvalue weighted by molar-refractivity contribution is 9.10. The molecule has 0 bridgehead atoms. The van der Waals surface area contributed by atoms with Gasteiger partial charge in [-0.2, -0.15) is 16.9 Å². The van der Waals surface area contributed by atoms with Crippen molar-refractivity contribution < 1.29 is 4.79 Å². The van der Waals surface area contributed by atoms with Crippen LogP contribution in [0.2, 0.25) is 0 Å². The predicted octanol–water partition coefficient (Wildman–Crippen LogP) is 3.63. The third kappa shape index (κ3) is 3.43. The summed E-state index contributed by atoms with van der Waals surface area (Å²) in [7, 11) is 0. The van der Waals surface area contributed by atoms with E-state index in [1.54, 1.807) is 0 Å². The molecule has 0 aromatic carbocycles. The van der Waals surface area contributed by atoms with Gasteiger partial charge < -0.3 is 0 Å². The number of halogens is 1. The first kappa shape index (κ1) is 15.1. The molecular formula is C14H21BrN2OS. The Kier molecular flexibility index (Phi) is 5.51. The number of rotatable bonds is 5. The highest BCUT2D eigenvalue weighted by Crippen LogP contribution is 2.29. The molecule has 0 aliphatic carbocycles. The minimum Gasteiger partial charge on any atom is -0.298 e. The Morgan fingerprint density at radius 1 is 1.47 bits per heavy atom. The van der Waals surface area contributed by atoms with Gasteiger partial charge in [0.2, 0.25) is 0 Å². The van der Waals surface area contributed by atoms with Crippen LogP contribution in [0.1, 0.15) is 44.5 Å². The maximum Gasteiger partial charge on any atom is 0.151 e. The zero-order valence-electron chi connectivity index (χ0n) is 11.6. The normalized spacial score (nSPS) is 19.6. The topological polar surface area (TPSA) is 34.9 Å². The molecule has 1 fully saturated rings. The molecule has 106 valence electrons. The second kappa shape index (κ2) is 6.93. The molecule has 2 rings (SSSR count). The fourth-order valence-electron chi connectivity index (χ4n) is 2.46. The van der Waals surface area contributed by atoms with Gasteiger partial charge in [-0.25, -0.2) is 0 Å². The summed E-state index contributed by atoms with van der Waals surface area (Å²) >= 11 is 5.44. The summed E-state index contributed by atoms with van der Waals surface area (Å²) in [6, 6.07) is 0. The van der Waals surface area contributed by atoms with Crippen molar-refractivity contribution in [3.8, 4) is 0 Å². The molecule has 0 amide bonds. The molecule has 1 aliphatic heterocycles. The Morgan fingerprint density at radius 3 is 2.84 bits per heavy atom. The lowest BCUT2D eigenvalue weighted by Gasteiger charge is -2.20. The summed E-state index contributed by atoms with van der Waals surface area (Å²) in [6.07, 6.45) is 4.90. The van der Waals surface area contributed by atoms with E-state index in [0.29, 0.717) is 12.2 Å². The first-order valence-corrected chi connectivity index (χ1v) is 8.89. The second-order valence-electron chi connectivity index (χ2n) is 4.87. The second-order valence-corrected chi connectivity index (χ2v) is 6.98. The van der Waals surface area contributed by atoms with Gasteiger partial charge in [-0.3, -0.25) is 9.48 Å². The van der Waals surface area contributed by atoms with Crippen molar-refractivity contribution >= 4 is 33.5 Å². The van der Waals surface area contributed by atoms with E-state index in [-0.39, 0.29) is 5.25 Å². The Hall–Kier alpha value is -0.290. The maximum absolute atomic E-state index is 12.4. The van der Waals surface area contributed by atoms with Gasteiger partial charge in [-0.1, -0.05) is 13.3 Å². The van der Waals surface area contributed by atoms with Crippen LogP contribution in [-0.2, 0) is 24.2 Å². The van der Waals surface area contributed by atoms with Crippen molar-refractivity contribution in [3.05, 3.63) is 15.9 Å². The summed E-state index contributed by atoms with van der Waals surface area (Å²) in [4.78, 5) is 12.4. The summed E-state index contributed by atoms with van der Waals surface area (Å²) < 4.78 is 3.00. The quantitative estimate of drug-likeness (QED) is 0.817. The molecule has 0 spiro atoms. The third-order valence-electron chi connectivity index (χ3n) is 3.57. The van der Waals surface area contributed by atoms with E-state index in [4.69, 9.17) is 0 Å². The lowest BCUT2D eigenvalue weighted by molar-refractivity contribution is -0.118. The van der Waals surface area contributed by atoms with E-state index in [1.165, 1.54) is 12.8 Å². The van der Waals surface area contributed by atoms with Gasteiger partial charge in [-0.15, -0.1) is 0 Å². The largest absolute Gasteiger partial charge is 0.298 e. The number of carbonyl (C=O) groups excluding carboxylic acids is 1.